The van der Waals surface area contributed by atoms with Crippen molar-refractivity contribution in [2.24, 2.45) is 11.8 Å². The highest BCUT2D eigenvalue weighted by atomic mass is 16.2. The van der Waals surface area contributed by atoms with Gasteiger partial charge in [0.25, 0.3) is 0 Å². The molecule has 2 rings (SSSR count). The Bertz CT molecular complexity index is 303. The smallest absolute Gasteiger partial charge is 0.321 e. The summed E-state index contributed by atoms with van der Waals surface area (Å²) in [5.41, 5.74) is 0. The van der Waals surface area contributed by atoms with E-state index in [2.05, 4.69) is 12.2 Å². The molecule has 3 atom stereocenters. The molecule has 4 heteroatoms. The number of rotatable bonds is 1. The molecule has 1 heterocycles. The van der Waals surface area contributed by atoms with Crippen LogP contribution >= 0.6 is 0 Å². The second-order valence-corrected chi connectivity index (χ2v) is 5.27. The van der Waals surface area contributed by atoms with E-state index in [0.717, 1.165) is 12.8 Å². The molecular formula is C12H20N2O2. The SMILES string of the molecule is CC1CCCC(N2CC(C)C(=O)NC2=O)C1. The quantitative estimate of drug-likeness (QED) is 0.737. The van der Waals surface area contributed by atoms with E-state index in [1.54, 1.807) is 0 Å². The third-order valence-electron chi connectivity index (χ3n) is 3.76. The molecule has 0 aromatic heterocycles. The Labute approximate surface area is 96.4 Å². The second kappa shape index (κ2) is 4.44. The highest BCUT2D eigenvalue weighted by Gasteiger charge is 2.35. The van der Waals surface area contributed by atoms with E-state index in [-0.39, 0.29) is 17.9 Å². The Morgan fingerprint density at radius 2 is 2.00 bits per heavy atom. The Hall–Kier alpha value is -1.06. The summed E-state index contributed by atoms with van der Waals surface area (Å²) in [6.45, 7) is 4.70. The number of hydrogen-bond acceptors (Lipinski definition) is 2. The molecule has 0 spiro atoms. The van der Waals surface area contributed by atoms with Gasteiger partial charge in [0.2, 0.25) is 5.91 Å². The standard InChI is InChI=1S/C12H20N2O2/c1-8-4-3-5-10(6-8)14-7-9(2)11(15)13-12(14)16/h8-10H,3-7H2,1-2H3,(H,13,15,16). The van der Waals surface area contributed by atoms with Crippen molar-refractivity contribution in [3.05, 3.63) is 0 Å². The van der Waals surface area contributed by atoms with Crippen LogP contribution in [0.4, 0.5) is 4.79 Å². The lowest BCUT2D eigenvalue weighted by Gasteiger charge is -2.40. The summed E-state index contributed by atoms with van der Waals surface area (Å²) in [5.74, 6) is 0.486. The monoisotopic (exact) mass is 224 g/mol. The number of imide groups is 1. The van der Waals surface area contributed by atoms with Crippen LogP contribution in [0.1, 0.15) is 39.5 Å². The second-order valence-electron chi connectivity index (χ2n) is 5.27. The minimum atomic E-state index is -0.192. The molecule has 0 aromatic carbocycles. The summed E-state index contributed by atoms with van der Waals surface area (Å²) in [7, 11) is 0. The first-order valence-electron chi connectivity index (χ1n) is 6.19. The van der Waals surface area contributed by atoms with E-state index in [9.17, 15) is 9.59 Å². The molecule has 1 aliphatic heterocycles. The summed E-state index contributed by atoms with van der Waals surface area (Å²) < 4.78 is 0. The van der Waals surface area contributed by atoms with Crippen molar-refractivity contribution in [1.82, 2.24) is 10.2 Å². The van der Waals surface area contributed by atoms with Gasteiger partial charge < -0.3 is 4.90 Å². The van der Waals surface area contributed by atoms with Crippen LogP contribution < -0.4 is 5.32 Å². The Morgan fingerprint density at radius 1 is 1.25 bits per heavy atom. The van der Waals surface area contributed by atoms with Crippen molar-refractivity contribution >= 4 is 11.9 Å². The van der Waals surface area contributed by atoms with E-state index < -0.39 is 0 Å². The number of hydrogen-bond donors (Lipinski definition) is 1. The van der Waals surface area contributed by atoms with Crippen molar-refractivity contribution < 1.29 is 9.59 Å². The summed E-state index contributed by atoms with van der Waals surface area (Å²) in [4.78, 5) is 25.0. The minimum absolute atomic E-state index is 0.0741. The lowest BCUT2D eigenvalue weighted by atomic mass is 9.85. The maximum Gasteiger partial charge on any atom is 0.324 e. The largest absolute Gasteiger partial charge is 0.324 e. The number of carbonyl (C=O) groups is 2. The van der Waals surface area contributed by atoms with E-state index in [4.69, 9.17) is 0 Å². The van der Waals surface area contributed by atoms with Crippen LogP contribution in [-0.2, 0) is 4.79 Å². The van der Waals surface area contributed by atoms with Crippen LogP contribution in [-0.4, -0.2) is 29.4 Å². The number of nitrogens with one attached hydrogen (secondary N) is 1. The van der Waals surface area contributed by atoms with Crippen LogP contribution in [0.5, 0.6) is 0 Å². The van der Waals surface area contributed by atoms with Gasteiger partial charge >= 0.3 is 6.03 Å². The first-order valence-corrected chi connectivity index (χ1v) is 6.19. The van der Waals surface area contributed by atoms with Crippen molar-refractivity contribution in [1.29, 1.82) is 0 Å². The summed E-state index contributed by atoms with van der Waals surface area (Å²) in [6.07, 6.45) is 4.62. The average molecular weight is 224 g/mol. The molecule has 3 amide bonds. The number of nitrogens with zero attached hydrogens (tertiary/aromatic N) is 1. The van der Waals surface area contributed by atoms with Crippen LogP contribution in [0.15, 0.2) is 0 Å². The van der Waals surface area contributed by atoms with Crippen molar-refractivity contribution in [2.45, 2.75) is 45.6 Å². The number of amides is 3. The highest BCUT2D eigenvalue weighted by molar-refractivity contribution is 5.97. The van der Waals surface area contributed by atoms with Crippen molar-refractivity contribution in [3.63, 3.8) is 0 Å². The topological polar surface area (TPSA) is 49.4 Å². The van der Waals surface area contributed by atoms with Crippen LogP contribution in [0, 0.1) is 11.8 Å². The van der Waals surface area contributed by atoms with Crippen molar-refractivity contribution in [3.8, 4) is 0 Å². The zero-order valence-electron chi connectivity index (χ0n) is 10.0. The van der Waals surface area contributed by atoms with Crippen LogP contribution in [0.25, 0.3) is 0 Å². The fourth-order valence-corrected chi connectivity index (χ4v) is 2.76. The van der Waals surface area contributed by atoms with Gasteiger partial charge in [0.1, 0.15) is 0 Å². The van der Waals surface area contributed by atoms with Gasteiger partial charge in [-0.05, 0) is 18.8 Å². The molecule has 1 aliphatic carbocycles. The zero-order chi connectivity index (χ0) is 11.7. The van der Waals surface area contributed by atoms with Gasteiger partial charge in [-0.15, -0.1) is 0 Å². The van der Waals surface area contributed by atoms with Crippen molar-refractivity contribution in [2.75, 3.05) is 6.54 Å². The highest BCUT2D eigenvalue weighted by Crippen LogP contribution is 2.28. The minimum Gasteiger partial charge on any atom is -0.321 e. The van der Waals surface area contributed by atoms with Crippen LogP contribution in [0.3, 0.4) is 0 Å². The Morgan fingerprint density at radius 3 is 2.69 bits per heavy atom. The number of urea groups is 1. The molecule has 0 radical (unpaired) electrons. The molecule has 2 aliphatic rings. The molecule has 2 fully saturated rings. The van der Waals surface area contributed by atoms with E-state index in [0.29, 0.717) is 18.5 Å². The van der Waals surface area contributed by atoms with Gasteiger partial charge in [0, 0.05) is 12.6 Å². The Kier molecular flexibility index (Phi) is 3.17. The summed E-state index contributed by atoms with van der Waals surface area (Å²) in [6, 6.07) is 0.140. The lowest BCUT2D eigenvalue weighted by Crippen LogP contribution is -2.57. The molecule has 1 N–H and O–H groups in total. The van der Waals surface area contributed by atoms with Crippen LogP contribution in [0.2, 0.25) is 0 Å². The Balaban J connectivity index is 2.02. The maximum absolute atomic E-state index is 11.8. The third-order valence-corrected chi connectivity index (χ3v) is 3.76. The van der Waals surface area contributed by atoms with E-state index >= 15 is 0 Å². The van der Waals surface area contributed by atoms with Gasteiger partial charge in [-0.25, -0.2) is 4.79 Å². The molecule has 4 nitrogen and oxygen atoms in total. The molecule has 16 heavy (non-hydrogen) atoms. The molecular weight excluding hydrogens is 204 g/mol. The fraction of sp³-hybridized carbons (Fsp3) is 0.833. The molecule has 0 bridgehead atoms. The average Bonchev–Trinajstić information content (AvgIpc) is 2.23. The summed E-state index contributed by atoms with van der Waals surface area (Å²) in [5, 5.41) is 2.44. The normalized spacial score (nSPS) is 36.1. The van der Waals surface area contributed by atoms with Gasteiger partial charge in [0.15, 0.2) is 0 Å². The summed E-state index contributed by atoms with van der Waals surface area (Å²) >= 11 is 0. The fourth-order valence-electron chi connectivity index (χ4n) is 2.76. The first-order chi connectivity index (χ1) is 7.58. The third kappa shape index (κ3) is 2.20. The van der Waals surface area contributed by atoms with E-state index in [1.807, 2.05) is 11.8 Å². The van der Waals surface area contributed by atoms with Gasteiger partial charge in [-0.1, -0.05) is 26.7 Å². The molecule has 0 aromatic rings. The predicted octanol–water partition coefficient (Wildman–Crippen LogP) is 1.75. The molecule has 1 saturated carbocycles. The predicted molar refractivity (Wildman–Crippen MR) is 60.8 cm³/mol. The van der Waals surface area contributed by atoms with Gasteiger partial charge in [0.05, 0.1) is 5.92 Å². The molecule has 3 unspecified atom stereocenters. The van der Waals surface area contributed by atoms with Gasteiger partial charge in [-0.3, -0.25) is 10.1 Å². The number of carbonyl (C=O) groups excluding carboxylic acids is 2. The molecule has 1 saturated heterocycles. The zero-order valence-corrected chi connectivity index (χ0v) is 10.0. The first kappa shape index (κ1) is 11.4. The lowest BCUT2D eigenvalue weighted by molar-refractivity contribution is -0.125. The van der Waals surface area contributed by atoms with Gasteiger partial charge in [-0.2, -0.15) is 0 Å². The maximum atomic E-state index is 11.8. The molecule has 90 valence electrons. The van der Waals surface area contributed by atoms with E-state index in [1.165, 1.54) is 12.8 Å².